The van der Waals surface area contributed by atoms with Crippen LogP contribution in [0.2, 0.25) is 0 Å². The molecule has 2 aromatic rings. The Bertz CT molecular complexity index is 617. The van der Waals surface area contributed by atoms with Gasteiger partial charge in [-0.2, -0.15) is 0 Å². The molecule has 0 spiro atoms. The zero-order valence-electron chi connectivity index (χ0n) is 11.6. The number of rotatable bonds is 4. The smallest absolute Gasteiger partial charge is 0.178 e. The lowest BCUT2D eigenvalue weighted by Crippen LogP contribution is -2.01. The largest absolute Gasteiger partial charge is 0.330 e. The minimum atomic E-state index is 0.871. The summed E-state index contributed by atoms with van der Waals surface area (Å²) in [6.45, 7) is 3.19. The first-order valence-electron chi connectivity index (χ1n) is 7.44. The third kappa shape index (κ3) is 2.62. The number of aromatic nitrogens is 2. The van der Waals surface area contributed by atoms with Gasteiger partial charge in [-0.3, -0.25) is 0 Å². The van der Waals surface area contributed by atoms with E-state index in [-0.39, 0.29) is 0 Å². The summed E-state index contributed by atoms with van der Waals surface area (Å²) in [5, 5.41) is 0. The second-order valence-electron chi connectivity index (χ2n) is 5.84. The highest BCUT2D eigenvalue weighted by molar-refractivity contribution is 7.71. The topological polar surface area (TPSA) is 20.7 Å². The predicted octanol–water partition coefficient (Wildman–Crippen LogP) is 4.98. The molecular formula is C16H22N2S. The summed E-state index contributed by atoms with van der Waals surface area (Å²) in [6, 6.07) is 6.43. The minimum Gasteiger partial charge on any atom is -0.330 e. The van der Waals surface area contributed by atoms with Crippen molar-refractivity contribution in [3.8, 4) is 0 Å². The van der Waals surface area contributed by atoms with Gasteiger partial charge >= 0.3 is 0 Å². The molecule has 1 heterocycles. The van der Waals surface area contributed by atoms with E-state index in [9.17, 15) is 0 Å². The molecule has 1 aliphatic carbocycles. The van der Waals surface area contributed by atoms with Crippen LogP contribution in [0.3, 0.4) is 0 Å². The van der Waals surface area contributed by atoms with Gasteiger partial charge < -0.3 is 9.55 Å². The molecule has 1 N–H and O–H groups in total. The zero-order valence-corrected chi connectivity index (χ0v) is 12.4. The number of hydrogen-bond donors (Lipinski definition) is 1. The number of imidazole rings is 1. The maximum Gasteiger partial charge on any atom is 0.178 e. The number of aryl methyl sites for hydroxylation is 2. The molecule has 0 unspecified atom stereocenters. The Morgan fingerprint density at radius 2 is 2.11 bits per heavy atom. The molecule has 0 bridgehead atoms. The number of nitrogens with one attached hydrogen (secondary N) is 1. The normalized spacial score (nSPS) is 16.5. The van der Waals surface area contributed by atoms with E-state index in [0.29, 0.717) is 0 Å². The quantitative estimate of drug-likeness (QED) is 0.780. The average Bonchev–Trinajstić information content (AvgIpc) is 3.00. The van der Waals surface area contributed by atoms with Crippen LogP contribution in [0, 0.1) is 17.6 Å². The van der Waals surface area contributed by atoms with Crippen LogP contribution >= 0.6 is 12.2 Å². The summed E-state index contributed by atoms with van der Waals surface area (Å²) in [4.78, 5) is 3.35. The Kier molecular flexibility index (Phi) is 3.74. The van der Waals surface area contributed by atoms with Gasteiger partial charge in [0, 0.05) is 6.54 Å². The summed E-state index contributed by atoms with van der Waals surface area (Å²) >= 11 is 5.47. The Morgan fingerprint density at radius 1 is 1.32 bits per heavy atom. The lowest BCUT2D eigenvalue weighted by Gasteiger charge is -2.09. The number of nitrogens with zero attached hydrogens (tertiary/aromatic N) is 1. The molecule has 1 saturated carbocycles. The number of fused-ring (bicyclic) bond motifs is 1. The molecule has 1 aromatic heterocycles. The van der Waals surface area contributed by atoms with E-state index in [1.165, 1.54) is 55.1 Å². The highest BCUT2D eigenvalue weighted by atomic mass is 32.1. The van der Waals surface area contributed by atoms with Crippen LogP contribution in [0.5, 0.6) is 0 Å². The van der Waals surface area contributed by atoms with Crippen LogP contribution in [-0.4, -0.2) is 9.55 Å². The first-order valence-corrected chi connectivity index (χ1v) is 7.84. The van der Waals surface area contributed by atoms with Crippen LogP contribution < -0.4 is 0 Å². The van der Waals surface area contributed by atoms with E-state index in [1.54, 1.807) is 0 Å². The van der Waals surface area contributed by atoms with Gasteiger partial charge in [0.1, 0.15) is 0 Å². The van der Waals surface area contributed by atoms with Crippen LogP contribution in [0.1, 0.15) is 44.1 Å². The van der Waals surface area contributed by atoms with Crippen molar-refractivity contribution in [2.24, 2.45) is 5.92 Å². The van der Waals surface area contributed by atoms with Gasteiger partial charge in [-0.1, -0.05) is 37.8 Å². The average molecular weight is 274 g/mol. The number of aromatic amines is 1. The molecule has 19 heavy (non-hydrogen) atoms. The molecule has 3 rings (SSSR count). The van der Waals surface area contributed by atoms with Gasteiger partial charge in [0.25, 0.3) is 0 Å². The van der Waals surface area contributed by atoms with Crippen molar-refractivity contribution in [2.45, 2.75) is 52.0 Å². The molecule has 1 aliphatic rings. The molecular weight excluding hydrogens is 252 g/mol. The van der Waals surface area contributed by atoms with E-state index in [4.69, 9.17) is 12.2 Å². The van der Waals surface area contributed by atoms with Gasteiger partial charge in [0.15, 0.2) is 4.77 Å². The third-order valence-electron chi connectivity index (χ3n) is 4.49. The molecule has 0 aliphatic heterocycles. The van der Waals surface area contributed by atoms with E-state index in [0.717, 1.165) is 17.2 Å². The van der Waals surface area contributed by atoms with Crippen LogP contribution in [0.4, 0.5) is 0 Å². The monoisotopic (exact) mass is 274 g/mol. The first kappa shape index (κ1) is 12.9. The summed E-state index contributed by atoms with van der Waals surface area (Å²) in [5.41, 5.74) is 3.74. The predicted molar refractivity (Wildman–Crippen MR) is 83.1 cm³/mol. The Labute approximate surface area is 119 Å². The first-order chi connectivity index (χ1) is 9.25. The van der Waals surface area contributed by atoms with E-state index < -0.39 is 0 Å². The Morgan fingerprint density at radius 3 is 2.89 bits per heavy atom. The van der Waals surface area contributed by atoms with Crippen molar-refractivity contribution in [2.75, 3.05) is 0 Å². The maximum atomic E-state index is 5.47. The lowest BCUT2D eigenvalue weighted by molar-refractivity contribution is 0.460. The summed E-state index contributed by atoms with van der Waals surface area (Å²) in [6.07, 6.45) is 8.38. The van der Waals surface area contributed by atoms with Crippen molar-refractivity contribution in [3.63, 3.8) is 0 Å². The standard InChI is InChI=1S/C16H22N2S/c1-12-6-4-10-14-15(12)17-16(19)18(14)11-5-9-13-7-2-3-8-13/h4,6,10,13H,2-3,5,7-9,11H2,1H3,(H,17,19). The molecule has 1 fully saturated rings. The maximum absolute atomic E-state index is 5.47. The molecule has 102 valence electrons. The van der Waals surface area contributed by atoms with E-state index >= 15 is 0 Å². The highest BCUT2D eigenvalue weighted by Crippen LogP contribution is 2.29. The Balaban J connectivity index is 1.75. The summed E-state index contributed by atoms with van der Waals surface area (Å²) < 4.78 is 3.14. The van der Waals surface area contributed by atoms with Gasteiger partial charge in [0.2, 0.25) is 0 Å². The fourth-order valence-corrected chi connectivity index (χ4v) is 3.67. The van der Waals surface area contributed by atoms with Crippen LogP contribution in [-0.2, 0) is 6.54 Å². The number of para-hydroxylation sites is 1. The van der Waals surface area contributed by atoms with Crippen LogP contribution in [0.15, 0.2) is 18.2 Å². The lowest BCUT2D eigenvalue weighted by atomic mass is 10.0. The number of hydrogen-bond acceptors (Lipinski definition) is 1. The van der Waals surface area contributed by atoms with Crippen molar-refractivity contribution in [1.29, 1.82) is 0 Å². The zero-order chi connectivity index (χ0) is 13.2. The Hall–Kier alpha value is -1.09. The summed E-state index contributed by atoms with van der Waals surface area (Å²) in [7, 11) is 0. The fraction of sp³-hybridized carbons (Fsp3) is 0.562. The van der Waals surface area contributed by atoms with E-state index in [1.807, 2.05) is 0 Å². The summed E-state index contributed by atoms with van der Waals surface area (Å²) in [5.74, 6) is 0.973. The SMILES string of the molecule is Cc1cccc2c1[nH]c(=S)n2CCCC1CCCC1. The van der Waals surface area contributed by atoms with Gasteiger partial charge in [-0.15, -0.1) is 0 Å². The molecule has 0 atom stereocenters. The van der Waals surface area contributed by atoms with Crippen LogP contribution in [0.25, 0.3) is 11.0 Å². The molecule has 0 radical (unpaired) electrons. The fourth-order valence-electron chi connectivity index (χ4n) is 3.38. The van der Waals surface area contributed by atoms with Gasteiger partial charge in [-0.25, -0.2) is 0 Å². The highest BCUT2D eigenvalue weighted by Gasteiger charge is 2.14. The van der Waals surface area contributed by atoms with Crippen molar-refractivity contribution in [3.05, 3.63) is 28.5 Å². The third-order valence-corrected chi connectivity index (χ3v) is 4.81. The minimum absolute atomic E-state index is 0.871. The molecule has 1 aromatic carbocycles. The molecule has 0 amide bonds. The van der Waals surface area contributed by atoms with E-state index in [2.05, 4.69) is 34.7 Å². The number of benzene rings is 1. The van der Waals surface area contributed by atoms with Crippen molar-refractivity contribution >= 4 is 23.3 Å². The van der Waals surface area contributed by atoms with Gasteiger partial charge in [-0.05, 0) is 49.5 Å². The molecule has 0 saturated heterocycles. The second-order valence-corrected chi connectivity index (χ2v) is 6.23. The number of H-pyrrole nitrogens is 1. The molecule has 3 heteroatoms. The van der Waals surface area contributed by atoms with Crippen molar-refractivity contribution < 1.29 is 0 Å². The van der Waals surface area contributed by atoms with Gasteiger partial charge in [0.05, 0.1) is 11.0 Å². The van der Waals surface area contributed by atoms with Crippen molar-refractivity contribution in [1.82, 2.24) is 9.55 Å². The second kappa shape index (κ2) is 5.49. The molecule has 2 nitrogen and oxygen atoms in total.